The minimum atomic E-state index is -2.87. The number of ether oxygens (including phenoxy) is 2. The molecule has 4 nitrogen and oxygen atoms in total. The molecular weight excluding hydrogens is 220 g/mol. The molecular formula is C10H9F2NO3. The zero-order valence-electron chi connectivity index (χ0n) is 8.23. The maximum Gasteiger partial charge on any atom is 0.387 e. The van der Waals surface area contributed by atoms with Crippen LogP contribution in [0.25, 0.3) is 0 Å². The monoisotopic (exact) mass is 229 g/mol. The molecule has 1 heterocycles. The van der Waals surface area contributed by atoms with Crippen molar-refractivity contribution in [2.24, 2.45) is 0 Å². The Morgan fingerprint density at radius 2 is 2.25 bits per heavy atom. The molecule has 2 rings (SSSR count). The van der Waals surface area contributed by atoms with Crippen LogP contribution in [0.2, 0.25) is 0 Å². The first-order chi connectivity index (χ1) is 7.66. The molecule has 1 saturated heterocycles. The van der Waals surface area contributed by atoms with Gasteiger partial charge in [0.1, 0.15) is 19.1 Å². The van der Waals surface area contributed by atoms with Crippen molar-refractivity contribution in [3.63, 3.8) is 0 Å². The van der Waals surface area contributed by atoms with Crippen LogP contribution in [0, 0.1) is 0 Å². The number of hydrogen-bond acceptors (Lipinski definition) is 3. The summed E-state index contributed by atoms with van der Waals surface area (Å²) in [7, 11) is 0. The minimum Gasteiger partial charge on any atom is -0.435 e. The fourth-order valence-corrected chi connectivity index (χ4v) is 1.42. The number of alkyl halides is 2. The molecule has 0 aromatic heterocycles. The molecule has 16 heavy (non-hydrogen) atoms. The molecule has 86 valence electrons. The van der Waals surface area contributed by atoms with E-state index < -0.39 is 6.61 Å². The van der Waals surface area contributed by atoms with E-state index in [-0.39, 0.29) is 25.0 Å². The van der Waals surface area contributed by atoms with Crippen LogP contribution in [0.1, 0.15) is 0 Å². The van der Waals surface area contributed by atoms with E-state index in [9.17, 15) is 13.6 Å². The Hall–Kier alpha value is -1.69. The molecule has 1 amide bonds. The maximum absolute atomic E-state index is 12.0. The number of halogens is 2. The Bertz CT molecular complexity index is 397. The highest BCUT2D eigenvalue weighted by Crippen LogP contribution is 2.24. The SMILES string of the molecule is O=C1COCN1c1cccc(OC(F)F)c1. The van der Waals surface area contributed by atoms with E-state index in [1.165, 1.54) is 17.0 Å². The summed E-state index contributed by atoms with van der Waals surface area (Å²) in [6, 6.07) is 5.94. The van der Waals surface area contributed by atoms with E-state index in [0.29, 0.717) is 5.69 Å². The van der Waals surface area contributed by atoms with Crippen molar-refractivity contribution in [3.8, 4) is 5.75 Å². The number of hydrogen-bond donors (Lipinski definition) is 0. The fraction of sp³-hybridized carbons (Fsp3) is 0.300. The lowest BCUT2D eigenvalue weighted by atomic mass is 10.3. The lowest BCUT2D eigenvalue weighted by Crippen LogP contribution is -2.24. The molecule has 0 spiro atoms. The van der Waals surface area contributed by atoms with Crippen LogP contribution in [0.15, 0.2) is 24.3 Å². The first-order valence-corrected chi connectivity index (χ1v) is 4.60. The van der Waals surface area contributed by atoms with Crippen LogP contribution in [-0.2, 0) is 9.53 Å². The van der Waals surface area contributed by atoms with Gasteiger partial charge >= 0.3 is 6.61 Å². The highest BCUT2D eigenvalue weighted by atomic mass is 19.3. The summed E-state index contributed by atoms with van der Waals surface area (Å²) in [6.07, 6.45) is 0. The Labute approximate surface area is 90.4 Å². The normalized spacial score (nSPS) is 15.9. The molecule has 1 fully saturated rings. The second kappa shape index (κ2) is 4.44. The minimum absolute atomic E-state index is 0.0138. The van der Waals surface area contributed by atoms with Gasteiger partial charge in [-0.25, -0.2) is 0 Å². The van der Waals surface area contributed by atoms with Crippen molar-refractivity contribution in [1.82, 2.24) is 0 Å². The van der Waals surface area contributed by atoms with Crippen LogP contribution >= 0.6 is 0 Å². The maximum atomic E-state index is 12.0. The van der Waals surface area contributed by atoms with Gasteiger partial charge in [0.25, 0.3) is 5.91 Å². The van der Waals surface area contributed by atoms with Crippen molar-refractivity contribution in [2.45, 2.75) is 6.61 Å². The number of carbonyl (C=O) groups is 1. The second-order valence-corrected chi connectivity index (χ2v) is 3.18. The largest absolute Gasteiger partial charge is 0.435 e. The summed E-state index contributed by atoms with van der Waals surface area (Å²) in [5, 5.41) is 0. The predicted molar refractivity (Wildman–Crippen MR) is 51.4 cm³/mol. The van der Waals surface area contributed by atoms with Gasteiger partial charge in [0.05, 0.1) is 0 Å². The van der Waals surface area contributed by atoms with Crippen molar-refractivity contribution in [3.05, 3.63) is 24.3 Å². The molecule has 0 unspecified atom stereocenters. The molecule has 1 aromatic carbocycles. The van der Waals surface area contributed by atoms with Gasteiger partial charge in [-0.1, -0.05) is 6.07 Å². The Balaban J connectivity index is 2.18. The van der Waals surface area contributed by atoms with Crippen LogP contribution in [0.4, 0.5) is 14.5 Å². The average Bonchev–Trinajstić information content (AvgIpc) is 2.64. The third-order valence-electron chi connectivity index (χ3n) is 2.10. The van der Waals surface area contributed by atoms with E-state index in [0.717, 1.165) is 0 Å². The summed E-state index contributed by atoms with van der Waals surface area (Å²) >= 11 is 0. The highest BCUT2D eigenvalue weighted by molar-refractivity contribution is 5.95. The predicted octanol–water partition coefficient (Wildman–Crippen LogP) is 1.61. The molecule has 0 bridgehead atoms. The number of benzene rings is 1. The average molecular weight is 229 g/mol. The van der Waals surface area contributed by atoms with Gasteiger partial charge in [-0.2, -0.15) is 8.78 Å². The molecule has 0 radical (unpaired) electrons. The van der Waals surface area contributed by atoms with Crippen LogP contribution < -0.4 is 9.64 Å². The zero-order chi connectivity index (χ0) is 11.5. The van der Waals surface area contributed by atoms with E-state index in [2.05, 4.69) is 4.74 Å². The lowest BCUT2D eigenvalue weighted by Gasteiger charge is -2.14. The van der Waals surface area contributed by atoms with E-state index >= 15 is 0 Å². The molecule has 6 heteroatoms. The van der Waals surface area contributed by atoms with Crippen molar-refractivity contribution in [1.29, 1.82) is 0 Å². The van der Waals surface area contributed by atoms with E-state index in [4.69, 9.17) is 4.74 Å². The third-order valence-corrected chi connectivity index (χ3v) is 2.10. The summed E-state index contributed by atoms with van der Waals surface area (Å²) in [5.74, 6) is -0.179. The lowest BCUT2D eigenvalue weighted by molar-refractivity contribution is -0.117. The Morgan fingerprint density at radius 1 is 1.44 bits per heavy atom. The number of rotatable bonds is 3. The molecule has 0 aliphatic carbocycles. The molecule has 1 aliphatic heterocycles. The Morgan fingerprint density at radius 3 is 2.88 bits per heavy atom. The molecule has 0 atom stereocenters. The van der Waals surface area contributed by atoms with Crippen molar-refractivity contribution < 1.29 is 23.0 Å². The second-order valence-electron chi connectivity index (χ2n) is 3.18. The first-order valence-electron chi connectivity index (χ1n) is 4.60. The van der Waals surface area contributed by atoms with Gasteiger partial charge in [-0.05, 0) is 12.1 Å². The van der Waals surface area contributed by atoms with Gasteiger partial charge in [-0.15, -0.1) is 0 Å². The van der Waals surface area contributed by atoms with Crippen LogP contribution in [0.3, 0.4) is 0 Å². The van der Waals surface area contributed by atoms with Gasteiger partial charge in [0.2, 0.25) is 0 Å². The third kappa shape index (κ3) is 2.27. The highest BCUT2D eigenvalue weighted by Gasteiger charge is 2.22. The Kier molecular flexibility index (Phi) is 3.00. The van der Waals surface area contributed by atoms with Gasteiger partial charge in [0, 0.05) is 11.8 Å². The summed E-state index contributed by atoms with van der Waals surface area (Å²) in [5.41, 5.74) is 0.487. The summed E-state index contributed by atoms with van der Waals surface area (Å²) in [6.45, 7) is -2.72. The first kappa shape index (κ1) is 10.8. The van der Waals surface area contributed by atoms with Crippen molar-refractivity contribution >= 4 is 11.6 Å². The quantitative estimate of drug-likeness (QED) is 0.790. The van der Waals surface area contributed by atoms with Crippen LogP contribution in [0.5, 0.6) is 5.75 Å². The molecule has 0 saturated carbocycles. The van der Waals surface area contributed by atoms with Gasteiger partial charge < -0.3 is 9.47 Å². The smallest absolute Gasteiger partial charge is 0.387 e. The number of nitrogens with zero attached hydrogens (tertiary/aromatic N) is 1. The summed E-state index contributed by atoms with van der Waals surface area (Å²) < 4.78 is 33.1. The van der Waals surface area contributed by atoms with E-state index in [1.807, 2.05) is 0 Å². The van der Waals surface area contributed by atoms with Gasteiger partial charge in [-0.3, -0.25) is 9.69 Å². The fourth-order valence-electron chi connectivity index (χ4n) is 1.42. The molecule has 0 N–H and O–H groups in total. The zero-order valence-corrected chi connectivity index (χ0v) is 8.23. The van der Waals surface area contributed by atoms with Crippen molar-refractivity contribution in [2.75, 3.05) is 18.2 Å². The molecule has 1 aliphatic rings. The standard InChI is InChI=1S/C10H9F2NO3/c11-10(12)16-8-3-1-2-7(4-8)13-6-15-5-9(13)14/h1-4,10H,5-6H2. The number of carbonyl (C=O) groups excluding carboxylic acids is 1. The number of anilines is 1. The molecule has 1 aromatic rings. The van der Waals surface area contributed by atoms with Gasteiger partial charge in [0.15, 0.2) is 0 Å². The topological polar surface area (TPSA) is 38.8 Å². The van der Waals surface area contributed by atoms with Crippen LogP contribution in [-0.4, -0.2) is 25.9 Å². The van der Waals surface area contributed by atoms with E-state index in [1.54, 1.807) is 12.1 Å². The number of amides is 1. The summed E-state index contributed by atoms with van der Waals surface area (Å²) in [4.78, 5) is 12.7.